The molecular weight excluding hydrogens is 283 g/mol. The van der Waals surface area contributed by atoms with Crippen molar-refractivity contribution in [3.8, 4) is 5.75 Å². The summed E-state index contributed by atoms with van der Waals surface area (Å²) in [6, 6.07) is 9.98. The number of nitrogens with one attached hydrogen (secondary N) is 1. The Bertz CT molecular complexity index is 621. The molecule has 0 aliphatic carbocycles. The average Bonchev–Trinajstić information content (AvgIpc) is 2.75. The molecule has 0 fully saturated rings. The number of hydrogen-bond donors (Lipinski definition) is 2. The van der Waals surface area contributed by atoms with E-state index in [1.54, 1.807) is 18.3 Å². The van der Waals surface area contributed by atoms with Gasteiger partial charge in [-0.25, -0.2) is 4.39 Å². The van der Waals surface area contributed by atoms with E-state index in [1.165, 1.54) is 12.1 Å². The fraction of sp³-hybridized carbons (Fsp3) is 0.353. The van der Waals surface area contributed by atoms with E-state index >= 15 is 0 Å². The second kappa shape index (κ2) is 6.85. The van der Waals surface area contributed by atoms with Crippen LogP contribution in [0, 0.1) is 5.82 Å². The molecule has 5 heteroatoms. The summed E-state index contributed by atoms with van der Waals surface area (Å²) in [5, 5.41) is 13.5. The quantitative estimate of drug-likeness (QED) is 0.912. The van der Waals surface area contributed by atoms with Crippen LogP contribution in [0.2, 0.25) is 0 Å². The first-order chi connectivity index (χ1) is 10.7. The zero-order valence-corrected chi connectivity index (χ0v) is 12.2. The van der Waals surface area contributed by atoms with Gasteiger partial charge in [-0.3, -0.25) is 4.98 Å². The van der Waals surface area contributed by atoms with Crippen LogP contribution >= 0.6 is 0 Å². The van der Waals surface area contributed by atoms with Crippen molar-refractivity contribution in [1.82, 2.24) is 10.3 Å². The van der Waals surface area contributed by atoms with Crippen molar-refractivity contribution in [3.05, 3.63) is 59.7 Å². The number of benzene rings is 1. The van der Waals surface area contributed by atoms with Gasteiger partial charge in [0.05, 0.1) is 12.3 Å². The lowest BCUT2D eigenvalue weighted by Gasteiger charge is -2.20. The van der Waals surface area contributed by atoms with Crippen molar-refractivity contribution >= 4 is 0 Å². The monoisotopic (exact) mass is 302 g/mol. The van der Waals surface area contributed by atoms with Crippen LogP contribution in [0.3, 0.4) is 0 Å². The SMILES string of the molecule is OC(CNC1CCCOc2ccc(F)cc21)c1ccccn1. The summed E-state index contributed by atoms with van der Waals surface area (Å²) in [7, 11) is 0. The van der Waals surface area contributed by atoms with Crippen molar-refractivity contribution in [2.45, 2.75) is 25.0 Å². The van der Waals surface area contributed by atoms with Crippen molar-refractivity contribution in [3.63, 3.8) is 0 Å². The molecule has 1 aliphatic rings. The molecule has 0 amide bonds. The number of ether oxygens (including phenoxy) is 1. The predicted octanol–water partition coefficient (Wildman–Crippen LogP) is 2.76. The highest BCUT2D eigenvalue weighted by Gasteiger charge is 2.21. The van der Waals surface area contributed by atoms with E-state index in [0.717, 1.165) is 18.4 Å². The molecule has 22 heavy (non-hydrogen) atoms. The maximum Gasteiger partial charge on any atom is 0.124 e. The lowest BCUT2D eigenvalue weighted by atomic mass is 10.0. The van der Waals surface area contributed by atoms with Gasteiger partial charge in [-0.15, -0.1) is 0 Å². The summed E-state index contributed by atoms with van der Waals surface area (Å²) in [5.41, 5.74) is 1.44. The van der Waals surface area contributed by atoms with Crippen LogP contribution in [0.4, 0.5) is 4.39 Å². The van der Waals surface area contributed by atoms with Crippen molar-refractivity contribution in [2.75, 3.05) is 13.2 Å². The van der Waals surface area contributed by atoms with Gasteiger partial charge in [0.2, 0.25) is 0 Å². The number of aromatic nitrogens is 1. The normalized spacial score (nSPS) is 18.9. The van der Waals surface area contributed by atoms with Crippen LogP contribution in [-0.2, 0) is 0 Å². The number of pyridine rings is 1. The highest BCUT2D eigenvalue weighted by atomic mass is 19.1. The molecule has 116 valence electrons. The zero-order chi connectivity index (χ0) is 15.4. The summed E-state index contributed by atoms with van der Waals surface area (Å²) in [6.45, 7) is 0.983. The van der Waals surface area contributed by atoms with E-state index in [4.69, 9.17) is 4.74 Å². The van der Waals surface area contributed by atoms with Crippen LogP contribution in [0.15, 0.2) is 42.6 Å². The van der Waals surface area contributed by atoms with Crippen LogP contribution in [0.5, 0.6) is 5.75 Å². The number of aliphatic hydroxyl groups excluding tert-OH is 1. The molecular formula is C17H19FN2O2. The molecule has 0 radical (unpaired) electrons. The predicted molar refractivity (Wildman–Crippen MR) is 81.1 cm³/mol. The van der Waals surface area contributed by atoms with Crippen LogP contribution < -0.4 is 10.1 Å². The third-order valence-corrected chi connectivity index (χ3v) is 3.83. The molecule has 0 spiro atoms. The van der Waals surface area contributed by atoms with Gasteiger partial charge in [0, 0.05) is 24.3 Å². The molecule has 1 aromatic heterocycles. The second-order valence-corrected chi connectivity index (χ2v) is 5.40. The van der Waals surface area contributed by atoms with Crippen molar-refractivity contribution in [2.24, 2.45) is 0 Å². The second-order valence-electron chi connectivity index (χ2n) is 5.40. The fourth-order valence-corrected chi connectivity index (χ4v) is 2.69. The minimum absolute atomic E-state index is 0.0356. The van der Waals surface area contributed by atoms with Crippen molar-refractivity contribution < 1.29 is 14.2 Å². The molecule has 0 saturated heterocycles. The standard InChI is InChI=1S/C17H19FN2O2/c18-12-6-7-17-13(10-12)14(5-3-9-22-17)20-11-16(21)15-4-1-2-8-19-15/h1-2,4,6-8,10,14,16,20-21H,3,5,9,11H2. The molecule has 0 bridgehead atoms. The highest BCUT2D eigenvalue weighted by molar-refractivity contribution is 5.37. The van der Waals surface area contributed by atoms with Gasteiger partial charge in [0.25, 0.3) is 0 Å². The minimum Gasteiger partial charge on any atom is -0.493 e. The molecule has 2 atom stereocenters. The number of nitrogens with zero attached hydrogens (tertiary/aromatic N) is 1. The van der Waals surface area contributed by atoms with Crippen LogP contribution in [0.25, 0.3) is 0 Å². The van der Waals surface area contributed by atoms with Gasteiger partial charge < -0.3 is 15.2 Å². The highest BCUT2D eigenvalue weighted by Crippen LogP contribution is 2.32. The maximum atomic E-state index is 13.5. The van der Waals surface area contributed by atoms with E-state index in [1.807, 2.05) is 12.1 Å². The lowest BCUT2D eigenvalue weighted by molar-refractivity contribution is 0.164. The summed E-state index contributed by atoms with van der Waals surface area (Å²) in [6.07, 6.45) is 2.68. The number of halogens is 1. The largest absolute Gasteiger partial charge is 0.493 e. The Morgan fingerprint density at radius 2 is 2.27 bits per heavy atom. The van der Waals surface area contributed by atoms with E-state index in [0.29, 0.717) is 24.6 Å². The Morgan fingerprint density at radius 1 is 1.36 bits per heavy atom. The van der Waals surface area contributed by atoms with Crippen LogP contribution in [0.1, 0.15) is 36.2 Å². The zero-order valence-electron chi connectivity index (χ0n) is 12.2. The maximum absolute atomic E-state index is 13.5. The van der Waals surface area contributed by atoms with Gasteiger partial charge in [-0.2, -0.15) is 0 Å². The molecule has 3 rings (SSSR count). The first-order valence-electron chi connectivity index (χ1n) is 7.48. The third-order valence-electron chi connectivity index (χ3n) is 3.83. The number of aliphatic hydroxyl groups is 1. The minimum atomic E-state index is -0.692. The molecule has 0 saturated carbocycles. The van der Waals surface area contributed by atoms with Crippen LogP contribution in [-0.4, -0.2) is 23.2 Å². The third kappa shape index (κ3) is 3.43. The molecule has 2 aromatic rings. The molecule has 2 unspecified atom stereocenters. The molecule has 1 aromatic carbocycles. The Morgan fingerprint density at radius 3 is 3.09 bits per heavy atom. The molecule has 2 heterocycles. The molecule has 2 N–H and O–H groups in total. The van der Waals surface area contributed by atoms with E-state index in [-0.39, 0.29) is 11.9 Å². The number of hydrogen-bond acceptors (Lipinski definition) is 4. The summed E-state index contributed by atoms with van der Waals surface area (Å²) >= 11 is 0. The van der Waals surface area contributed by atoms with E-state index in [9.17, 15) is 9.50 Å². The average molecular weight is 302 g/mol. The summed E-state index contributed by atoms with van der Waals surface area (Å²) in [5.74, 6) is 0.435. The Kier molecular flexibility index (Phi) is 4.65. The Labute approximate surface area is 129 Å². The smallest absolute Gasteiger partial charge is 0.124 e. The fourth-order valence-electron chi connectivity index (χ4n) is 2.69. The first kappa shape index (κ1) is 14.9. The van der Waals surface area contributed by atoms with Gasteiger partial charge in [0.1, 0.15) is 17.7 Å². The van der Waals surface area contributed by atoms with Gasteiger partial charge in [0.15, 0.2) is 0 Å². The Hall–Kier alpha value is -1.98. The first-order valence-corrected chi connectivity index (χ1v) is 7.48. The molecule has 1 aliphatic heterocycles. The Balaban J connectivity index is 1.71. The van der Waals surface area contributed by atoms with Crippen molar-refractivity contribution in [1.29, 1.82) is 0 Å². The van der Waals surface area contributed by atoms with Gasteiger partial charge >= 0.3 is 0 Å². The summed E-state index contributed by atoms with van der Waals surface area (Å²) < 4.78 is 19.2. The topological polar surface area (TPSA) is 54.4 Å². The lowest BCUT2D eigenvalue weighted by Crippen LogP contribution is -2.26. The van der Waals surface area contributed by atoms with Gasteiger partial charge in [-0.05, 0) is 43.2 Å². The summed E-state index contributed by atoms with van der Waals surface area (Å²) in [4.78, 5) is 4.14. The van der Waals surface area contributed by atoms with Gasteiger partial charge in [-0.1, -0.05) is 6.07 Å². The van der Waals surface area contributed by atoms with E-state index < -0.39 is 6.10 Å². The van der Waals surface area contributed by atoms with E-state index in [2.05, 4.69) is 10.3 Å². The number of rotatable bonds is 4. The number of fused-ring (bicyclic) bond motifs is 1. The molecule has 4 nitrogen and oxygen atoms in total.